The lowest BCUT2D eigenvalue weighted by Crippen LogP contribution is -2.36. The van der Waals surface area contributed by atoms with Gasteiger partial charge < -0.3 is 24.4 Å². The summed E-state index contributed by atoms with van der Waals surface area (Å²) in [4.78, 5) is 14.7. The van der Waals surface area contributed by atoms with Crippen molar-refractivity contribution >= 4 is 28.6 Å². The number of carbonyl (C=O) groups excluding carboxylic acids is 1. The van der Waals surface area contributed by atoms with Gasteiger partial charge in [-0.15, -0.1) is 0 Å². The summed E-state index contributed by atoms with van der Waals surface area (Å²) in [5.41, 5.74) is 2.61. The van der Waals surface area contributed by atoms with Gasteiger partial charge in [0.25, 0.3) is 0 Å². The van der Waals surface area contributed by atoms with Gasteiger partial charge in [-0.2, -0.15) is 11.3 Å². The second kappa shape index (κ2) is 9.62. The molecular formula is C20H26N2O4S. The molecule has 7 heteroatoms. The molecule has 1 aliphatic rings. The van der Waals surface area contributed by atoms with E-state index >= 15 is 0 Å². The lowest BCUT2D eigenvalue weighted by atomic mass is 10.2. The Morgan fingerprint density at radius 2 is 1.93 bits per heavy atom. The largest absolute Gasteiger partial charge is 0.492 e. The SMILES string of the molecule is CCOc1cc(N2CCOCC2)c(OCC)cc1NC(=O)Cc1ccsc1. The third kappa shape index (κ3) is 5.14. The van der Waals surface area contributed by atoms with Crippen LogP contribution in [0.3, 0.4) is 0 Å². The van der Waals surface area contributed by atoms with Crippen molar-refractivity contribution in [2.24, 2.45) is 0 Å². The second-order valence-electron chi connectivity index (χ2n) is 6.14. The fraction of sp³-hybridized carbons (Fsp3) is 0.450. The molecule has 146 valence electrons. The molecule has 1 aromatic carbocycles. The smallest absolute Gasteiger partial charge is 0.228 e. The van der Waals surface area contributed by atoms with E-state index in [0.29, 0.717) is 44.3 Å². The van der Waals surface area contributed by atoms with E-state index in [1.54, 1.807) is 11.3 Å². The summed E-state index contributed by atoms with van der Waals surface area (Å²) in [6.45, 7) is 7.93. The molecule has 0 unspecified atom stereocenters. The van der Waals surface area contributed by atoms with E-state index in [-0.39, 0.29) is 5.91 Å². The summed E-state index contributed by atoms with van der Waals surface area (Å²) in [6.07, 6.45) is 0.338. The zero-order chi connectivity index (χ0) is 19.1. The minimum atomic E-state index is -0.0732. The van der Waals surface area contributed by atoms with E-state index in [1.165, 1.54) is 0 Å². The molecule has 0 atom stereocenters. The summed E-state index contributed by atoms with van der Waals surface area (Å²) >= 11 is 1.59. The number of rotatable bonds is 8. The maximum absolute atomic E-state index is 12.5. The van der Waals surface area contributed by atoms with Crippen LogP contribution in [0.2, 0.25) is 0 Å². The number of hydrogen-bond donors (Lipinski definition) is 1. The second-order valence-corrected chi connectivity index (χ2v) is 6.92. The third-order valence-corrected chi connectivity index (χ3v) is 4.96. The lowest BCUT2D eigenvalue weighted by molar-refractivity contribution is -0.115. The first kappa shape index (κ1) is 19.5. The van der Waals surface area contributed by atoms with Gasteiger partial charge in [-0.1, -0.05) is 0 Å². The quantitative estimate of drug-likeness (QED) is 0.747. The fourth-order valence-electron chi connectivity index (χ4n) is 3.02. The van der Waals surface area contributed by atoms with Gasteiger partial charge in [-0.05, 0) is 36.2 Å². The van der Waals surface area contributed by atoms with Gasteiger partial charge in [0.2, 0.25) is 5.91 Å². The highest BCUT2D eigenvalue weighted by Crippen LogP contribution is 2.39. The zero-order valence-corrected chi connectivity index (χ0v) is 16.6. The first-order chi connectivity index (χ1) is 13.2. The predicted molar refractivity (Wildman–Crippen MR) is 108 cm³/mol. The average molecular weight is 391 g/mol. The van der Waals surface area contributed by atoms with Gasteiger partial charge in [0.15, 0.2) is 0 Å². The van der Waals surface area contributed by atoms with Crippen molar-refractivity contribution in [2.75, 3.05) is 49.7 Å². The van der Waals surface area contributed by atoms with Crippen LogP contribution in [0, 0.1) is 0 Å². The monoisotopic (exact) mass is 390 g/mol. The zero-order valence-electron chi connectivity index (χ0n) is 15.8. The molecule has 0 spiro atoms. The number of anilines is 2. The highest BCUT2D eigenvalue weighted by molar-refractivity contribution is 7.08. The number of ether oxygens (including phenoxy) is 3. The van der Waals surface area contributed by atoms with Crippen LogP contribution in [0.5, 0.6) is 11.5 Å². The lowest BCUT2D eigenvalue weighted by Gasteiger charge is -2.31. The molecule has 1 aromatic heterocycles. The summed E-state index contributed by atoms with van der Waals surface area (Å²) in [7, 11) is 0. The molecule has 0 bridgehead atoms. The van der Waals surface area contributed by atoms with Crippen LogP contribution < -0.4 is 19.7 Å². The normalized spacial score (nSPS) is 14.1. The van der Waals surface area contributed by atoms with E-state index in [9.17, 15) is 4.79 Å². The van der Waals surface area contributed by atoms with E-state index in [4.69, 9.17) is 14.2 Å². The Balaban J connectivity index is 1.86. The molecule has 6 nitrogen and oxygen atoms in total. The van der Waals surface area contributed by atoms with Crippen molar-refractivity contribution in [1.82, 2.24) is 0 Å². The Hall–Kier alpha value is -2.25. The number of morpholine rings is 1. The van der Waals surface area contributed by atoms with Gasteiger partial charge in [0.05, 0.1) is 44.2 Å². The van der Waals surface area contributed by atoms with Gasteiger partial charge in [-0.25, -0.2) is 0 Å². The van der Waals surface area contributed by atoms with Crippen molar-refractivity contribution in [3.05, 3.63) is 34.5 Å². The molecule has 0 aliphatic carbocycles. The maximum atomic E-state index is 12.5. The van der Waals surface area contributed by atoms with Gasteiger partial charge in [0, 0.05) is 25.2 Å². The van der Waals surface area contributed by atoms with E-state index in [0.717, 1.165) is 30.1 Å². The van der Waals surface area contributed by atoms with Crippen LogP contribution in [0.25, 0.3) is 0 Å². The Morgan fingerprint density at radius 1 is 1.19 bits per heavy atom. The van der Waals surface area contributed by atoms with Gasteiger partial charge in [-0.3, -0.25) is 4.79 Å². The van der Waals surface area contributed by atoms with Crippen LogP contribution in [0.1, 0.15) is 19.4 Å². The van der Waals surface area contributed by atoms with Crippen LogP contribution in [-0.2, 0) is 16.0 Å². The van der Waals surface area contributed by atoms with Crippen molar-refractivity contribution in [1.29, 1.82) is 0 Å². The van der Waals surface area contributed by atoms with Crippen molar-refractivity contribution < 1.29 is 19.0 Å². The van der Waals surface area contributed by atoms with Crippen molar-refractivity contribution in [3.8, 4) is 11.5 Å². The molecular weight excluding hydrogens is 364 g/mol. The molecule has 1 aliphatic heterocycles. The summed E-state index contributed by atoms with van der Waals surface area (Å²) < 4.78 is 17.1. The van der Waals surface area contributed by atoms with Gasteiger partial charge >= 0.3 is 0 Å². The van der Waals surface area contributed by atoms with Crippen LogP contribution in [0.15, 0.2) is 29.0 Å². The molecule has 2 aromatic rings. The first-order valence-electron chi connectivity index (χ1n) is 9.28. The number of carbonyl (C=O) groups is 1. The first-order valence-corrected chi connectivity index (χ1v) is 10.2. The van der Waals surface area contributed by atoms with Crippen LogP contribution >= 0.6 is 11.3 Å². The molecule has 0 radical (unpaired) electrons. The molecule has 2 heterocycles. The summed E-state index contributed by atoms with van der Waals surface area (Å²) in [5, 5.41) is 6.93. The molecule has 0 saturated carbocycles. The highest BCUT2D eigenvalue weighted by atomic mass is 32.1. The predicted octanol–water partition coefficient (Wildman–Crippen LogP) is 3.56. The van der Waals surface area contributed by atoms with Crippen molar-refractivity contribution in [3.63, 3.8) is 0 Å². The standard InChI is InChI=1S/C20H26N2O4S/c1-3-25-18-13-17(22-6-8-24-9-7-22)19(26-4-2)12-16(18)21-20(23)11-15-5-10-27-14-15/h5,10,12-14H,3-4,6-9,11H2,1-2H3,(H,21,23). The molecule has 1 saturated heterocycles. The van der Waals surface area contributed by atoms with Crippen LogP contribution in [-0.4, -0.2) is 45.4 Å². The number of hydrogen-bond acceptors (Lipinski definition) is 6. The summed E-state index contributed by atoms with van der Waals surface area (Å²) in [6, 6.07) is 5.78. The van der Waals surface area contributed by atoms with Crippen molar-refractivity contribution in [2.45, 2.75) is 20.3 Å². The molecule has 3 rings (SSSR count). The number of nitrogens with one attached hydrogen (secondary N) is 1. The number of thiophene rings is 1. The average Bonchev–Trinajstić information content (AvgIpc) is 3.17. The van der Waals surface area contributed by atoms with E-state index in [1.807, 2.05) is 42.8 Å². The Kier molecular flexibility index (Phi) is 6.95. The molecule has 27 heavy (non-hydrogen) atoms. The number of nitrogens with zero attached hydrogens (tertiary/aromatic N) is 1. The topological polar surface area (TPSA) is 60.0 Å². The summed E-state index contributed by atoms with van der Waals surface area (Å²) in [5.74, 6) is 1.32. The van der Waals surface area contributed by atoms with Crippen LogP contribution in [0.4, 0.5) is 11.4 Å². The molecule has 1 amide bonds. The minimum Gasteiger partial charge on any atom is -0.492 e. The number of amides is 1. The molecule has 1 N–H and O–H groups in total. The minimum absolute atomic E-state index is 0.0732. The Labute approximate surface area is 164 Å². The Bertz CT molecular complexity index is 743. The maximum Gasteiger partial charge on any atom is 0.228 e. The fourth-order valence-corrected chi connectivity index (χ4v) is 3.69. The van der Waals surface area contributed by atoms with Gasteiger partial charge in [0.1, 0.15) is 11.5 Å². The molecule has 1 fully saturated rings. The van der Waals surface area contributed by atoms with E-state index < -0.39 is 0 Å². The highest BCUT2D eigenvalue weighted by Gasteiger charge is 2.20. The van der Waals surface area contributed by atoms with E-state index in [2.05, 4.69) is 10.2 Å². The third-order valence-electron chi connectivity index (χ3n) is 4.23. The Morgan fingerprint density at radius 3 is 2.59 bits per heavy atom. The number of benzene rings is 1.